The minimum Gasteiger partial charge on any atom is -0.310 e. The van der Waals surface area contributed by atoms with Crippen LogP contribution in [0, 0.1) is 0 Å². The van der Waals surface area contributed by atoms with Gasteiger partial charge in [-0.15, -0.1) is 0 Å². The van der Waals surface area contributed by atoms with Crippen molar-refractivity contribution in [3.05, 3.63) is 59.1 Å². The quantitative estimate of drug-likeness (QED) is 0.784. The van der Waals surface area contributed by atoms with Gasteiger partial charge in [-0.25, -0.2) is 12.8 Å². The standard InChI is InChI=1S/C19H18ClFN2O3S/c20-14-5-3-6-16(10-14)27(25,26)23-12-15(21)11-18(23)19(24)22-9-8-13-4-1-2-7-17(13)22/h1-7,10,15,18H,8-9,11-12H2. The van der Waals surface area contributed by atoms with E-state index in [-0.39, 0.29) is 28.8 Å². The van der Waals surface area contributed by atoms with Gasteiger partial charge in [0.25, 0.3) is 0 Å². The van der Waals surface area contributed by atoms with E-state index in [4.69, 9.17) is 11.6 Å². The van der Waals surface area contributed by atoms with Crippen molar-refractivity contribution in [2.75, 3.05) is 18.0 Å². The van der Waals surface area contributed by atoms with E-state index >= 15 is 0 Å². The Morgan fingerprint density at radius 2 is 1.93 bits per heavy atom. The van der Waals surface area contributed by atoms with Crippen LogP contribution in [0.15, 0.2) is 53.4 Å². The largest absolute Gasteiger partial charge is 0.310 e. The van der Waals surface area contributed by atoms with Gasteiger partial charge in [0.15, 0.2) is 0 Å². The Bertz CT molecular complexity index is 998. The Kier molecular flexibility index (Phi) is 4.70. The number of amides is 1. The fraction of sp³-hybridized carbons (Fsp3) is 0.316. The first-order valence-electron chi connectivity index (χ1n) is 8.68. The highest BCUT2D eigenvalue weighted by Gasteiger charge is 2.46. The summed E-state index contributed by atoms with van der Waals surface area (Å²) in [5.74, 6) is -0.384. The van der Waals surface area contributed by atoms with Crippen molar-refractivity contribution in [1.82, 2.24) is 4.31 Å². The normalized spacial score (nSPS) is 22.8. The van der Waals surface area contributed by atoms with Crippen molar-refractivity contribution in [3.63, 3.8) is 0 Å². The van der Waals surface area contributed by atoms with Gasteiger partial charge in [0, 0.05) is 30.2 Å². The molecule has 4 rings (SSSR count). The molecule has 5 nitrogen and oxygen atoms in total. The second-order valence-corrected chi connectivity index (χ2v) is 9.08. The molecule has 1 fully saturated rings. The topological polar surface area (TPSA) is 57.7 Å². The lowest BCUT2D eigenvalue weighted by Gasteiger charge is -2.27. The molecular formula is C19H18ClFN2O3S. The number of para-hydroxylation sites is 1. The molecule has 0 aromatic heterocycles. The zero-order valence-electron chi connectivity index (χ0n) is 14.4. The van der Waals surface area contributed by atoms with E-state index in [1.54, 1.807) is 11.0 Å². The van der Waals surface area contributed by atoms with Crippen LogP contribution in [0.2, 0.25) is 5.02 Å². The molecule has 27 heavy (non-hydrogen) atoms. The Hall–Kier alpha value is -1.96. The number of carbonyl (C=O) groups is 1. The first-order valence-corrected chi connectivity index (χ1v) is 10.5. The van der Waals surface area contributed by atoms with Crippen LogP contribution in [0.5, 0.6) is 0 Å². The molecule has 8 heteroatoms. The van der Waals surface area contributed by atoms with Gasteiger partial charge in [0.05, 0.1) is 4.90 Å². The molecule has 2 heterocycles. The molecule has 2 aliphatic rings. The van der Waals surface area contributed by atoms with Crippen molar-refractivity contribution in [2.45, 2.75) is 30.0 Å². The summed E-state index contributed by atoms with van der Waals surface area (Å²) in [4.78, 5) is 14.7. The van der Waals surface area contributed by atoms with Crippen LogP contribution in [0.4, 0.5) is 10.1 Å². The van der Waals surface area contributed by atoms with Crippen LogP contribution in [-0.4, -0.2) is 43.9 Å². The Morgan fingerprint density at radius 1 is 1.15 bits per heavy atom. The number of nitrogens with zero attached hydrogens (tertiary/aromatic N) is 2. The lowest BCUT2D eigenvalue weighted by molar-refractivity contribution is -0.121. The van der Waals surface area contributed by atoms with Gasteiger partial charge >= 0.3 is 0 Å². The van der Waals surface area contributed by atoms with Crippen LogP contribution in [0.1, 0.15) is 12.0 Å². The highest BCUT2D eigenvalue weighted by atomic mass is 35.5. The molecule has 2 atom stereocenters. The Balaban J connectivity index is 1.67. The third-order valence-electron chi connectivity index (χ3n) is 5.05. The first kappa shape index (κ1) is 18.4. The van der Waals surface area contributed by atoms with Crippen molar-refractivity contribution in [3.8, 4) is 0 Å². The van der Waals surface area contributed by atoms with Gasteiger partial charge in [0.2, 0.25) is 15.9 Å². The number of carbonyl (C=O) groups excluding carboxylic acids is 1. The number of benzene rings is 2. The van der Waals surface area contributed by atoms with Gasteiger partial charge in [-0.05, 0) is 36.2 Å². The summed E-state index contributed by atoms with van der Waals surface area (Å²) >= 11 is 5.91. The minimum atomic E-state index is -4.03. The fourth-order valence-electron chi connectivity index (χ4n) is 3.76. The van der Waals surface area contributed by atoms with Gasteiger partial charge in [-0.1, -0.05) is 35.9 Å². The summed E-state index contributed by atoms with van der Waals surface area (Å²) in [7, 11) is -4.03. The van der Waals surface area contributed by atoms with Crippen LogP contribution < -0.4 is 4.90 Å². The number of halogens is 2. The molecule has 2 aromatic carbocycles. The average Bonchev–Trinajstić information content (AvgIpc) is 3.25. The van der Waals surface area contributed by atoms with E-state index < -0.39 is 22.2 Å². The summed E-state index contributed by atoms with van der Waals surface area (Å²) in [6.45, 7) is 0.136. The van der Waals surface area contributed by atoms with Crippen LogP contribution in [-0.2, 0) is 21.2 Å². The maximum atomic E-state index is 14.2. The molecule has 0 aliphatic carbocycles. The summed E-state index contributed by atoms with van der Waals surface area (Å²) in [6.07, 6.45) is -0.822. The number of fused-ring (bicyclic) bond motifs is 1. The van der Waals surface area contributed by atoms with Crippen molar-refractivity contribution < 1.29 is 17.6 Å². The van der Waals surface area contributed by atoms with Crippen LogP contribution >= 0.6 is 11.6 Å². The highest BCUT2D eigenvalue weighted by Crippen LogP contribution is 2.34. The molecule has 0 N–H and O–H groups in total. The number of hydrogen-bond donors (Lipinski definition) is 0. The summed E-state index contributed by atoms with van der Waals surface area (Å²) in [6, 6.07) is 12.2. The van der Waals surface area contributed by atoms with Crippen LogP contribution in [0.3, 0.4) is 0 Å². The molecule has 142 valence electrons. The lowest BCUT2D eigenvalue weighted by atomic mass is 10.1. The second kappa shape index (κ2) is 6.89. The van der Waals surface area contributed by atoms with Gasteiger partial charge < -0.3 is 4.90 Å². The molecule has 1 amide bonds. The summed E-state index contributed by atoms with van der Waals surface area (Å²) in [5.41, 5.74) is 1.80. The molecule has 2 aliphatic heterocycles. The minimum absolute atomic E-state index is 0.0382. The number of anilines is 1. The molecule has 2 aromatic rings. The Labute approximate surface area is 162 Å². The second-order valence-electron chi connectivity index (χ2n) is 6.75. The number of sulfonamides is 1. The number of hydrogen-bond acceptors (Lipinski definition) is 3. The van der Waals surface area contributed by atoms with Gasteiger partial charge in [-0.2, -0.15) is 4.31 Å². The molecule has 0 radical (unpaired) electrons. The Morgan fingerprint density at radius 3 is 2.70 bits per heavy atom. The number of alkyl halides is 1. The average molecular weight is 409 g/mol. The zero-order valence-corrected chi connectivity index (χ0v) is 16.0. The van der Waals surface area contributed by atoms with E-state index in [1.807, 2.05) is 24.3 Å². The fourth-order valence-corrected chi connectivity index (χ4v) is 5.68. The zero-order chi connectivity index (χ0) is 19.2. The van der Waals surface area contributed by atoms with E-state index in [9.17, 15) is 17.6 Å². The molecule has 2 unspecified atom stereocenters. The van der Waals surface area contributed by atoms with Gasteiger partial charge in [0.1, 0.15) is 12.2 Å². The van der Waals surface area contributed by atoms with Gasteiger partial charge in [-0.3, -0.25) is 4.79 Å². The third-order valence-corrected chi connectivity index (χ3v) is 7.15. The number of rotatable bonds is 3. The van der Waals surface area contributed by atoms with Crippen molar-refractivity contribution in [2.24, 2.45) is 0 Å². The smallest absolute Gasteiger partial charge is 0.245 e. The molecule has 0 bridgehead atoms. The molecular weight excluding hydrogens is 391 g/mol. The van der Waals surface area contributed by atoms with Crippen molar-refractivity contribution >= 4 is 33.2 Å². The van der Waals surface area contributed by atoms with E-state index in [1.165, 1.54) is 18.2 Å². The molecule has 0 saturated carbocycles. The van der Waals surface area contributed by atoms with E-state index in [2.05, 4.69) is 0 Å². The predicted molar refractivity (Wildman–Crippen MR) is 101 cm³/mol. The van der Waals surface area contributed by atoms with Crippen LogP contribution in [0.25, 0.3) is 0 Å². The maximum Gasteiger partial charge on any atom is 0.245 e. The summed E-state index contributed by atoms with van der Waals surface area (Å²) in [5, 5.41) is 0.267. The maximum absolute atomic E-state index is 14.2. The van der Waals surface area contributed by atoms with E-state index in [0.717, 1.165) is 15.6 Å². The van der Waals surface area contributed by atoms with Crippen molar-refractivity contribution in [1.29, 1.82) is 0 Å². The predicted octanol–water partition coefficient (Wildman–Crippen LogP) is 3.03. The SMILES string of the molecule is O=C(C1CC(F)CN1S(=O)(=O)c1cccc(Cl)c1)N1CCc2ccccc21. The lowest BCUT2D eigenvalue weighted by Crippen LogP contribution is -2.47. The highest BCUT2D eigenvalue weighted by molar-refractivity contribution is 7.89. The molecule has 1 saturated heterocycles. The monoisotopic (exact) mass is 408 g/mol. The molecule has 0 spiro atoms. The third kappa shape index (κ3) is 3.24. The van der Waals surface area contributed by atoms with E-state index in [0.29, 0.717) is 13.0 Å². The first-order chi connectivity index (χ1) is 12.9. The summed E-state index contributed by atoms with van der Waals surface area (Å²) < 4.78 is 41.2.